The number of hydrogen-bond donors (Lipinski definition) is 2. The van der Waals surface area contributed by atoms with E-state index in [1.165, 1.54) is 11.8 Å². The molecule has 0 saturated carbocycles. The van der Waals surface area contributed by atoms with Crippen LogP contribution in [0, 0.1) is 0 Å². The van der Waals surface area contributed by atoms with Gasteiger partial charge in [-0.25, -0.2) is 8.42 Å². The van der Waals surface area contributed by atoms with Crippen molar-refractivity contribution in [1.82, 2.24) is 10.6 Å². The van der Waals surface area contributed by atoms with E-state index in [1.807, 2.05) is 37.3 Å². The van der Waals surface area contributed by atoms with Crippen LogP contribution in [0.5, 0.6) is 5.75 Å². The van der Waals surface area contributed by atoms with Gasteiger partial charge in [0.15, 0.2) is 15.8 Å². The van der Waals surface area contributed by atoms with Crippen LogP contribution in [0.3, 0.4) is 0 Å². The predicted molar refractivity (Wildman–Crippen MR) is 114 cm³/mol. The number of guanidine groups is 1. The molecule has 0 saturated heterocycles. The molecule has 0 radical (unpaired) electrons. The van der Waals surface area contributed by atoms with Crippen molar-refractivity contribution in [2.45, 2.75) is 24.7 Å². The van der Waals surface area contributed by atoms with Crippen molar-refractivity contribution < 1.29 is 13.2 Å². The van der Waals surface area contributed by atoms with Gasteiger partial charge in [0.05, 0.1) is 12.0 Å². The molecule has 0 aliphatic rings. The number of hydrogen-bond acceptors (Lipinski definition) is 4. The van der Waals surface area contributed by atoms with E-state index in [9.17, 15) is 8.42 Å². The van der Waals surface area contributed by atoms with Gasteiger partial charge in [-0.1, -0.05) is 24.3 Å². The minimum Gasteiger partial charge on any atom is -0.497 e. The Balaban J connectivity index is 1.85. The SMILES string of the molecule is CCNC(=NCCc1ccc(S(C)(=O)=O)cc1)NCCc1cccc(OC)c1. The number of nitrogens with zero attached hydrogens (tertiary/aromatic N) is 1. The summed E-state index contributed by atoms with van der Waals surface area (Å²) in [6.45, 7) is 4.20. The monoisotopic (exact) mass is 403 g/mol. The zero-order valence-electron chi connectivity index (χ0n) is 16.7. The van der Waals surface area contributed by atoms with Gasteiger partial charge in [-0.3, -0.25) is 4.99 Å². The Morgan fingerprint density at radius 1 is 1.04 bits per heavy atom. The smallest absolute Gasteiger partial charge is 0.191 e. The third-order valence-corrected chi connectivity index (χ3v) is 5.33. The van der Waals surface area contributed by atoms with Crippen molar-refractivity contribution in [3.05, 3.63) is 59.7 Å². The first-order chi connectivity index (χ1) is 13.4. The molecule has 28 heavy (non-hydrogen) atoms. The summed E-state index contributed by atoms with van der Waals surface area (Å²) in [4.78, 5) is 4.94. The maximum atomic E-state index is 11.5. The minimum absolute atomic E-state index is 0.340. The number of ether oxygens (including phenoxy) is 1. The molecule has 2 N–H and O–H groups in total. The van der Waals surface area contributed by atoms with E-state index in [4.69, 9.17) is 4.74 Å². The number of methoxy groups -OCH3 is 1. The van der Waals surface area contributed by atoms with Gasteiger partial charge < -0.3 is 15.4 Å². The molecule has 7 heteroatoms. The molecule has 152 valence electrons. The van der Waals surface area contributed by atoms with E-state index < -0.39 is 9.84 Å². The van der Waals surface area contributed by atoms with Crippen LogP contribution in [-0.4, -0.2) is 47.4 Å². The van der Waals surface area contributed by atoms with E-state index in [2.05, 4.69) is 21.7 Å². The van der Waals surface area contributed by atoms with Gasteiger partial charge in [-0.05, 0) is 55.2 Å². The Bertz CT molecular complexity index is 878. The van der Waals surface area contributed by atoms with E-state index in [0.29, 0.717) is 11.4 Å². The van der Waals surface area contributed by atoms with E-state index in [0.717, 1.165) is 43.2 Å². The molecule has 0 aliphatic carbocycles. The Kier molecular flexibility index (Phi) is 8.32. The van der Waals surface area contributed by atoms with Crippen LogP contribution in [0.2, 0.25) is 0 Å². The number of benzene rings is 2. The summed E-state index contributed by atoms with van der Waals surface area (Å²) in [5.74, 6) is 1.64. The van der Waals surface area contributed by atoms with Crippen molar-refractivity contribution in [1.29, 1.82) is 0 Å². The number of sulfone groups is 1. The minimum atomic E-state index is -3.15. The summed E-state index contributed by atoms with van der Waals surface area (Å²) in [7, 11) is -1.49. The molecule has 2 aromatic carbocycles. The molecule has 0 amide bonds. The van der Waals surface area contributed by atoms with Crippen molar-refractivity contribution in [2.75, 3.05) is 33.0 Å². The van der Waals surface area contributed by atoms with Crippen LogP contribution in [0.1, 0.15) is 18.1 Å². The van der Waals surface area contributed by atoms with Crippen molar-refractivity contribution in [3.63, 3.8) is 0 Å². The lowest BCUT2D eigenvalue weighted by molar-refractivity contribution is 0.414. The molecule has 0 heterocycles. The third kappa shape index (κ3) is 7.23. The summed E-state index contributed by atoms with van der Waals surface area (Å²) in [5, 5.41) is 6.58. The second kappa shape index (κ2) is 10.7. The molecular weight excluding hydrogens is 374 g/mol. The lowest BCUT2D eigenvalue weighted by Crippen LogP contribution is -2.38. The summed E-state index contributed by atoms with van der Waals surface area (Å²) < 4.78 is 28.3. The molecule has 0 fully saturated rings. The molecule has 6 nitrogen and oxygen atoms in total. The Hall–Kier alpha value is -2.54. The van der Waals surface area contributed by atoms with Crippen molar-refractivity contribution in [3.8, 4) is 5.75 Å². The maximum Gasteiger partial charge on any atom is 0.191 e. The van der Waals surface area contributed by atoms with Gasteiger partial charge in [-0.15, -0.1) is 0 Å². The summed E-state index contributed by atoms with van der Waals surface area (Å²) in [6.07, 6.45) is 2.83. The lowest BCUT2D eigenvalue weighted by atomic mass is 10.1. The molecule has 0 unspecified atom stereocenters. The van der Waals surface area contributed by atoms with E-state index >= 15 is 0 Å². The molecule has 2 aromatic rings. The van der Waals surface area contributed by atoms with Gasteiger partial charge in [0.25, 0.3) is 0 Å². The van der Waals surface area contributed by atoms with Crippen LogP contribution in [0.15, 0.2) is 58.4 Å². The number of nitrogens with one attached hydrogen (secondary N) is 2. The second-order valence-electron chi connectivity index (χ2n) is 6.46. The number of aliphatic imine (C=N–C) groups is 1. The van der Waals surface area contributed by atoms with Crippen LogP contribution < -0.4 is 15.4 Å². The molecule has 2 rings (SSSR count). The third-order valence-electron chi connectivity index (χ3n) is 4.21. The standard InChI is InChI=1S/C21H29N3O3S/c1-4-22-21(24-15-13-18-6-5-7-19(16-18)27-2)23-14-12-17-8-10-20(11-9-17)28(3,25)26/h5-11,16H,4,12-15H2,1-3H3,(H2,22,23,24). The average Bonchev–Trinajstić information content (AvgIpc) is 2.68. The highest BCUT2D eigenvalue weighted by atomic mass is 32.2. The van der Waals surface area contributed by atoms with Gasteiger partial charge in [0.1, 0.15) is 5.75 Å². The van der Waals surface area contributed by atoms with E-state index in [1.54, 1.807) is 19.2 Å². The first-order valence-electron chi connectivity index (χ1n) is 9.36. The fourth-order valence-electron chi connectivity index (χ4n) is 2.70. The molecule has 0 atom stereocenters. The highest BCUT2D eigenvalue weighted by Crippen LogP contribution is 2.12. The molecule has 0 aliphatic heterocycles. The quantitative estimate of drug-likeness (QED) is 0.497. The van der Waals surface area contributed by atoms with Crippen molar-refractivity contribution >= 4 is 15.8 Å². The Morgan fingerprint density at radius 3 is 2.43 bits per heavy atom. The summed E-state index contributed by atoms with van der Waals surface area (Å²) in [6, 6.07) is 15.0. The fourth-order valence-corrected chi connectivity index (χ4v) is 3.33. The zero-order valence-corrected chi connectivity index (χ0v) is 17.6. The first-order valence-corrected chi connectivity index (χ1v) is 11.3. The summed E-state index contributed by atoms with van der Waals surface area (Å²) in [5.41, 5.74) is 2.26. The zero-order chi connectivity index (χ0) is 20.4. The van der Waals surface area contributed by atoms with Gasteiger partial charge in [-0.2, -0.15) is 0 Å². The topological polar surface area (TPSA) is 79.8 Å². The average molecular weight is 404 g/mol. The van der Waals surface area contributed by atoms with Crippen molar-refractivity contribution in [2.24, 2.45) is 4.99 Å². The Morgan fingerprint density at radius 2 is 1.79 bits per heavy atom. The van der Waals surface area contributed by atoms with Crippen LogP contribution in [-0.2, 0) is 22.7 Å². The van der Waals surface area contributed by atoms with Crippen LogP contribution in [0.25, 0.3) is 0 Å². The number of rotatable bonds is 9. The molecule has 0 aromatic heterocycles. The van der Waals surface area contributed by atoms with Crippen LogP contribution >= 0.6 is 0 Å². The lowest BCUT2D eigenvalue weighted by Gasteiger charge is -2.12. The molecule has 0 bridgehead atoms. The maximum absolute atomic E-state index is 11.5. The normalized spacial score (nSPS) is 11.9. The van der Waals surface area contributed by atoms with Crippen LogP contribution in [0.4, 0.5) is 0 Å². The fraction of sp³-hybridized carbons (Fsp3) is 0.381. The van der Waals surface area contributed by atoms with Gasteiger partial charge >= 0.3 is 0 Å². The molecular formula is C21H29N3O3S. The highest BCUT2D eigenvalue weighted by Gasteiger charge is 2.06. The van der Waals surface area contributed by atoms with E-state index in [-0.39, 0.29) is 0 Å². The van der Waals surface area contributed by atoms with Gasteiger partial charge in [0, 0.05) is 25.9 Å². The largest absolute Gasteiger partial charge is 0.497 e. The van der Waals surface area contributed by atoms with Gasteiger partial charge in [0.2, 0.25) is 0 Å². The first kappa shape index (κ1) is 21.8. The predicted octanol–water partition coefficient (Wildman–Crippen LogP) is 2.44. The summed E-state index contributed by atoms with van der Waals surface area (Å²) >= 11 is 0. The highest BCUT2D eigenvalue weighted by molar-refractivity contribution is 7.90. The molecule has 0 spiro atoms. The Labute approximate surface area is 168 Å². The second-order valence-corrected chi connectivity index (χ2v) is 8.47.